The minimum atomic E-state index is -0.0875. The van der Waals surface area contributed by atoms with E-state index in [9.17, 15) is 9.59 Å². The number of amides is 2. The van der Waals surface area contributed by atoms with Gasteiger partial charge in [-0.2, -0.15) is 0 Å². The Balaban J connectivity index is 1.90. The maximum absolute atomic E-state index is 12.9. The molecule has 2 saturated heterocycles. The Morgan fingerprint density at radius 3 is 3.10 bits per heavy atom. The van der Waals surface area contributed by atoms with E-state index in [1.54, 1.807) is 18.3 Å². The number of hydrogen-bond donors (Lipinski definition) is 1. The van der Waals surface area contributed by atoms with Crippen molar-refractivity contribution in [1.29, 1.82) is 0 Å². The Morgan fingerprint density at radius 1 is 1.48 bits per heavy atom. The number of carbonyl (C=O) groups excluding carboxylic acids is 2. The van der Waals surface area contributed by atoms with Crippen LogP contribution in [0.1, 0.15) is 36.5 Å². The largest absolute Gasteiger partial charge is 0.477 e. The number of nitrogens with zero attached hydrogens (tertiary/aromatic N) is 2. The molecule has 1 aromatic rings. The highest BCUT2D eigenvalue weighted by Gasteiger charge is 2.41. The first-order valence-electron chi connectivity index (χ1n) is 7.38. The Bertz CT molecular complexity index is 561. The molecular formula is C15H19N3O3. The van der Waals surface area contributed by atoms with Crippen LogP contribution < -0.4 is 10.1 Å². The minimum Gasteiger partial charge on any atom is -0.477 e. The van der Waals surface area contributed by atoms with Crippen molar-refractivity contribution in [3.05, 3.63) is 23.9 Å². The molecule has 112 valence electrons. The van der Waals surface area contributed by atoms with Gasteiger partial charge >= 0.3 is 0 Å². The Morgan fingerprint density at radius 2 is 2.29 bits per heavy atom. The normalized spacial score (nSPS) is 24.4. The number of ether oxygens (including phenoxy) is 1. The summed E-state index contributed by atoms with van der Waals surface area (Å²) in [4.78, 5) is 30.5. The van der Waals surface area contributed by atoms with Crippen LogP contribution in [0.15, 0.2) is 18.3 Å². The zero-order chi connectivity index (χ0) is 14.8. The van der Waals surface area contributed by atoms with Crippen molar-refractivity contribution in [1.82, 2.24) is 15.2 Å². The number of rotatable bonds is 3. The summed E-state index contributed by atoms with van der Waals surface area (Å²) < 4.78 is 5.45. The summed E-state index contributed by atoms with van der Waals surface area (Å²) in [7, 11) is 0. The first-order valence-corrected chi connectivity index (χ1v) is 7.38. The summed E-state index contributed by atoms with van der Waals surface area (Å²) in [5.74, 6) is 0.305. The van der Waals surface area contributed by atoms with Gasteiger partial charge in [0, 0.05) is 31.2 Å². The lowest BCUT2D eigenvalue weighted by molar-refractivity contribution is -0.121. The standard InChI is InChI=1S/C15H19N3O3/c1-2-21-14-12(4-3-7-16-14)15(20)18-10-5-6-11(18)9-17-13(19)8-10/h3-4,7,10-11H,2,5-6,8-9H2,1H3,(H,17,19)/t10-,11+/m1/s1. The van der Waals surface area contributed by atoms with Gasteiger partial charge in [-0.3, -0.25) is 9.59 Å². The molecule has 3 rings (SSSR count). The first-order chi connectivity index (χ1) is 10.2. The summed E-state index contributed by atoms with van der Waals surface area (Å²) >= 11 is 0. The fourth-order valence-corrected chi connectivity index (χ4v) is 3.16. The van der Waals surface area contributed by atoms with E-state index in [0.717, 1.165) is 12.8 Å². The van der Waals surface area contributed by atoms with E-state index in [-0.39, 0.29) is 23.9 Å². The van der Waals surface area contributed by atoms with E-state index in [4.69, 9.17) is 4.74 Å². The van der Waals surface area contributed by atoms with Crippen LogP contribution >= 0.6 is 0 Å². The van der Waals surface area contributed by atoms with Gasteiger partial charge in [0.05, 0.1) is 6.61 Å². The molecule has 0 aromatic carbocycles. The Kier molecular flexibility index (Phi) is 3.77. The SMILES string of the molecule is CCOc1ncccc1C(=O)N1[C@@H]2CC[C@H]1CNC(=O)C2. The summed E-state index contributed by atoms with van der Waals surface area (Å²) in [6, 6.07) is 3.53. The van der Waals surface area contributed by atoms with Gasteiger partial charge in [0.2, 0.25) is 11.8 Å². The Labute approximate surface area is 123 Å². The molecule has 2 amide bonds. The minimum absolute atomic E-state index is 0.0142. The number of carbonyl (C=O) groups is 2. The van der Waals surface area contributed by atoms with E-state index in [2.05, 4.69) is 10.3 Å². The van der Waals surface area contributed by atoms with Crippen molar-refractivity contribution in [2.45, 2.75) is 38.3 Å². The van der Waals surface area contributed by atoms with Gasteiger partial charge in [-0.25, -0.2) is 4.98 Å². The third-order valence-corrected chi connectivity index (χ3v) is 4.09. The smallest absolute Gasteiger partial charge is 0.259 e. The molecule has 0 aliphatic carbocycles. The molecule has 2 aliphatic rings. The quantitative estimate of drug-likeness (QED) is 0.900. The molecule has 2 aliphatic heterocycles. The second kappa shape index (κ2) is 5.71. The van der Waals surface area contributed by atoms with Crippen LogP contribution in [0.3, 0.4) is 0 Å². The summed E-state index contributed by atoms with van der Waals surface area (Å²) in [5, 5.41) is 2.87. The van der Waals surface area contributed by atoms with Crippen LogP contribution in [0.2, 0.25) is 0 Å². The lowest BCUT2D eigenvalue weighted by atomic mass is 10.1. The molecule has 6 heteroatoms. The number of hydrogen-bond acceptors (Lipinski definition) is 4. The fourth-order valence-electron chi connectivity index (χ4n) is 3.16. The molecule has 1 N–H and O–H groups in total. The molecule has 6 nitrogen and oxygen atoms in total. The lowest BCUT2D eigenvalue weighted by Gasteiger charge is -2.27. The molecule has 2 fully saturated rings. The van der Waals surface area contributed by atoms with Crippen molar-refractivity contribution in [3.63, 3.8) is 0 Å². The topological polar surface area (TPSA) is 71.5 Å². The third kappa shape index (κ3) is 2.57. The van der Waals surface area contributed by atoms with Crippen LogP contribution in [0, 0.1) is 0 Å². The maximum Gasteiger partial charge on any atom is 0.259 e. The van der Waals surface area contributed by atoms with Crippen molar-refractivity contribution in [2.75, 3.05) is 13.2 Å². The first kappa shape index (κ1) is 13.9. The summed E-state index contributed by atoms with van der Waals surface area (Å²) in [6.45, 7) is 2.86. The summed E-state index contributed by atoms with van der Waals surface area (Å²) in [5.41, 5.74) is 0.477. The average Bonchev–Trinajstić information content (AvgIpc) is 2.79. The molecule has 2 atom stereocenters. The predicted molar refractivity (Wildman–Crippen MR) is 76.0 cm³/mol. The number of aromatic nitrogens is 1. The lowest BCUT2D eigenvalue weighted by Crippen LogP contribution is -2.42. The van der Waals surface area contributed by atoms with Gasteiger partial charge in [-0.15, -0.1) is 0 Å². The highest BCUT2D eigenvalue weighted by molar-refractivity contribution is 5.97. The highest BCUT2D eigenvalue weighted by Crippen LogP contribution is 2.31. The van der Waals surface area contributed by atoms with E-state index >= 15 is 0 Å². The number of fused-ring (bicyclic) bond motifs is 2. The Hall–Kier alpha value is -2.11. The van der Waals surface area contributed by atoms with Gasteiger partial charge in [0.25, 0.3) is 5.91 Å². The highest BCUT2D eigenvalue weighted by atomic mass is 16.5. The van der Waals surface area contributed by atoms with Crippen LogP contribution in [-0.4, -0.2) is 46.9 Å². The van der Waals surface area contributed by atoms with Crippen molar-refractivity contribution in [3.8, 4) is 5.88 Å². The summed E-state index contributed by atoms with van der Waals surface area (Å²) in [6.07, 6.45) is 3.81. The zero-order valence-electron chi connectivity index (χ0n) is 12.0. The van der Waals surface area contributed by atoms with Crippen LogP contribution in [0.25, 0.3) is 0 Å². The van der Waals surface area contributed by atoms with E-state index < -0.39 is 0 Å². The van der Waals surface area contributed by atoms with Crippen LogP contribution in [0.5, 0.6) is 5.88 Å². The maximum atomic E-state index is 12.9. The molecule has 21 heavy (non-hydrogen) atoms. The fraction of sp³-hybridized carbons (Fsp3) is 0.533. The van der Waals surface area contributed by atoms with Gasteiger partial charge < -0.3 is 15.0 Å². The molecule has 0 saturated carbocycles. The third-order valence-electron chi connectivity index (χ3n) is 4.09. The number of pyridine rings is 1. The molecule has 0 radical (unpaired) electrons. The van der Waals surface area contributed by atoms with Gasteiger partial charge in [0.1, 0.15) is 5.56 Å². The van der Waals surface area contributed by atoms with Crippen LogP contribution in [0.4, 0.5) is 0 Å². The van der Waals surface area contributed by atoms with E-state index in [1.165, 1.54) is 0 Å². The monoisotopic (exact) mass is 289 g/mol. The molecule has 1 aromatic heterocycles. The van der Waals surface area contributed by atoms with Gasteiger partial charge in [0.15, 0.2) is 0 Å². The number of nitrogens with one attached hydrogen (secondary N) is 1. The second-order valence-electron chi connectivity index (χ2n) is 5.39. The van der Waals surface area contributed by atoms with Gasteiger partial charge in [-0.05, 0) is 31.9 Å². The molecule has 2 bridgehead atoms. The van der Waals surface area contributed by atoms with E-state index in [1.807, 2.05) is 11.8 Å². The van der Waals surface area contributed by atoms with Gasteiger partial charge in [-0.1, -0.05) is 0 Å². The van der Waals surface area contributed by atoms with Crippen molar-refractivity contribution >= 4 is 11.8 Å². The average molecular weight is 289 g/mol. The molecular weight excluding hydrogens is 270 g/mol. The molecule has 0 spiro atoms. The zero-order valence-corrected chi connectivity index (χ0v) is 12.0. The predicted octanol–water partition coefficient (Wildman–Crippen LogP) is 0.973. The molecule has 0 unspecified atom stereocenters. The van der Waals surface area contributed by atoms with Crippen LogP contribution in [-0.2, 0) is 4.79 Å². The van der Waals surface area contributed by atoms with E-state index in [0.29, 0.717) is 31.0 Å². The second-order valence-corrected chi connectivity index (χ2v) is 5.39. The molecule has 3 heterocycles. The van der Waals surface area contributed by atoms with Crippen molar-refractivity contribution in [2.24, 2.45) is 0 Å². The van der Waals surface area contributed by atoms with Crippen molar-refractivity contribution < 1.29 is 14.3 Å².